The number of benzene rings is 1. The van der Waals surface area contributed by atoms with E-state index < -0.39 is 0 Å². The number of rotatable bonds is 4. The second-order valence-corrected chi connectivity index (χ2v) is 6.44. The Kier molecular flexibility index (Phi) is 3.18. The summed E-state index contributed by atoms with van der Waals surface area (Å²) in [5.74, 6) is 0.953. The molecule has 1 aromatic carbocycles. The quantitative estimate of drug-likeness (QED) is 0.827. The summed E-state index contributed by atoms with van der Waals surface area (Å²) in [4.78, 5) is 14.8. The number of hydrogen-bond acceptors (Lipinski definition) is 1. The predicted octanol–water partition coefficient (Wildman–Crippen LogP) is 3.85. The molecule has 0 aliphatic heterocycles. The van der Waals surface area contributed by atoms with E-state index >= 15 is 0 Å². The summed E-state index contributed by atoms with van der Waals surface area (Å²) in [5.41, 5.74) is 0.817. The van der Waals surface area contributed by atoms with Gasteiger partial charge in [0.1, 0.15) is 0 Å². The maximum Gasteiger partial charge on any atom is 0.254 e. The molecule has 1 atom stereocenters. The molecule has 0 heterocycles. The van der Waals surface area contributed by atoms with E-state index in [2.05, 4.69) is 27.8 Å². The number of carbonyl (C=O) groups is 1. The number of halogens is 1. The third kappa shape index (κ3) is 2.46. The van der Waals surface area contributed by atoms with Gasteiger partial charge in [-0.25, -0.2) is 0 Å². The molecule has 2 aliphatic rings. The number of nitrogens with zero attached hydrogens (tertiary/aromatic N) is 1. The van der Waals surface area contributed by atoms with Gasteiger partial charge in [-0.1, -0.05) is 15.9 Å². The summed E-state index contributed by atoms with van der Waals surface area (Å²) < 4.78 is 1.02. The standard InChI is InChI=1S/C15H18BrNO/c1-10(11-2-3-11)17(14-8-9-14)15(18)12-4-6-13(16)7-5-12/h4-7,10-11,14H,2-3,8-9H2,1H3. The van der Waals surface area contributed by atoms with Gasteiger partial charge in [0, 0.05) is 22.1 Å². The predicted molar refractivity (Wildman–Crippen MR) is 75.5 cm³/mol. The fourth-order valence-corrected chi connectivity index (χ4v) is 2.85. The van der Waals surface area contributed by atoms with Gasteiger partial charge in [0.05, 0.1) is 0 Å². The van der Waals surface area contributed by atoms with Crippen LogP contribution in [0.3, 0.4) is 0 Å². The molecule has 2 aliphatic carbocycles. The lowest BCUT2D eigenvalue weighted by molar-refractivity contribution is 0.0654. The van der Waals surface area contributed by atoms with Crippen LogP contribution in [0.1, 0.15) is 43.0 Å². The molecule has 3 heteroatoms. The van der Waals surface area contributed by atoms with Crippen molar-refractivity contribution >= 4 is 21.8 Å². The van der Waals surface area contributed by atoms with Crippen LogP contribution in [-0.4, -0.2) is 22.9 Å². The lowest BCUT2D eigenvalue weighted by Gasteiger charge is -2.29. The van der Waals surface area contributed by atoms with Crippen LogP contribution in [0, 0.1) is 5.92 Å². The molecule has 0 N–H and O–H groups in total. The molecule has 96 valence electrons. The van der Waals surface area contributed by atoms with Gasteiger partial charge in [0.15, 0.2) is 0 Å². The Morgan fingerprint density at radius 2 is 1.83 bits per heavy atom. The SMILES string of the molecule is CC(C1CC1)N(C(=O)c1ccc(Br)cc1)C1CC1. The molecular weight excluding hydrogens is 290 g/mol. The first-order valence-electron chi connectivity index (χ1n) is 6.75. The fourth-order valence-electron chi connectivity index (χ4n) is 2.58. The maximum atomic E-state index is 12.6. The molecule has 0 radical (unpaired) electrons. The Bertz CT molecular complexity index is 448. The van der Waals surface area contributed by atoms with Crippen LogP contribution in [0.15, 0.2) is 28.7 Å². The van der Waals surface area contributed by atoms with Crippen molar-refractivity contribution in [1.29, 1.82) is 0 Å². The molecule has 3 rings (SSSR count). The van der Waals surface area contributed by atoms with Gasteiger partial charge >= 0.3 is 0 Å². The van der Waals surface area contributed by atoms with Gasteiger partial charge in [0.2, 0.25) is 0 Å². The minimum atomic E-state index is 0.212. The molecule has 0 bridgehead atoms. The largest absolute Gasteiger partial charge is 0.333 e. The molecular formula is C15H18BrNO. The fraction of sp³-hybridized carbons (Fsp3) is 0.533. The topological polar surface area (TPSA) is 20.3 Å². The van der Waals surface area contributed by atoms with Crippen LogP contribution in [-0.2, 0) is 0 Å². The zero-order chi connectivity index (χ0) is 12.7. The Labute approximate surface area is 116 Å². The first kappa shape index (κ1) is 12.2. The molecule has 2 saturated carbocycles. The van der Waals surface area contributed by atoms with Crippen LogP contribution in [0.4, 0.5) is 0 Å². The second kappa shape index (κ2) is 4.69. The number of hydrogen-bond donors (Lipinski definition) is 0. The summed E-state index contributed by atoms with van der Waals surface area (Å²) >= 11 is 3.41. The van der Waals surface area contributed by atoms with E-state index in [1.54, 1.807) is 0 Å². The normalized spacial score (nSPS) is 20.6. The van der Waals surface area contributed by atoms with E-state index in [0.717, 1.165) is 16.0 Å². The first-order chi connectivity index (χ1) is 8.66. The monoisotopic (exact) mass is 307 g/mol. The van der Waals surface area contributed by atoms with Crippen molar-refractivity contribution in [2.45, 2.75) is 44.7 Å². The van der Waals surface area contributed by atoms with Crippen LogP contribution in [0.2, 0.25) is 0 Å². The second-order valence-electron chi connectivity index (χ2n) is 5.53. The Morgan fingerprint density at radius 3 is 2.33 bits per heavy atom. The summed E-state index contributed by atoms with van der Waals surface area (Å²) in [7, 11) is 0. The van der Waals surface area contributed by atoms with E-state index in [4.69, 9.17) is 0 Å². The lowest BCUT2D eigenvalue weighted by atomic mass is 10.1. The third-order valence-corrected chi connectivity index (χ3v) is 4.54. The van der Waals surface area contributed by atoms with Gasteiger partial charge in [-0.15, -0.1) is 0 Å². The highest BCUT2D eigenvalue weighted by molar-refractivity contribution is 9.10. The van der Waals surface area contributed by atoms with Crippen LogP contribution >= 0.6 is 15.9 Å². The highest BCUT2D eigenvalue weighted by Gasteiger charge is 2.41. The van der Waals surface area contributed by atoms with E-state index in [0.29, 0.717) is 12.1 Å². The third-order valence-electron chi connectivity index (χ3n) is 4.01. The van der Waals surface area contributed by atoms with Crippen molar-refractivity contribution in [3.05, 3.63) is 34.3 Å². The average molecular weight is 308 g/mol. The van der Waals surface area contributed by atoms with E-state index in [1.165, 1.54) is 25.7 Å². The zero-order valence-corrected chi connectivity index (χ0v) is 12.2. The minimum absolute atomic E-state index is 0.212. The maximum absolute atomic E-state index is 12.6. The summed E-state index contributed by atoms with van der Waals surface area (Å²) in [5, 5.41) is 0. The zero-order valence-electron chi connectivity index (χ0n) is 10.6. The molecule has 2 fully saturated rings. The van der Waals surface area contributed by atoms with Gasteiger partial charge in [-0.2, -0.15) is 0 Å². The van der Waals surface area contributed by atoms with Crippen LogP contribution < -0.4 is 0 Å². The highest BCUT2D eigenvalue weighted by Crippen LogP contribution is 2.40. The van der Waals surface area contributed by atoms with Gasteiger partial charge in [0.25, 0.3) is 5.91 Å². The first-order valence-corrected chi connectivity index (χ1v) is 7.54. The molecule has 2 nitrogen and oxygen atoms in total. The molecule has 0 aromatic heterocycles. The van der Waals surface area contributed by atoms with E-state index in [-0.39, 0.29) is 5.91 Å². The van der Waals surface area contributed by atoms with E-state index in [9.17, 15) is 4.79 Å². The van der Waals surface area contributed by atoms with Crippen LogP contribution in [0.5, 0.6) is 0 Å². The van der Waals surface area contributed by atoms with Crippen LogP contribution in [0.25, 0.3) is 0 Å². The Balaban J connectivity index is 1.81. The van der Waals surface area contributed by atoms with Gasteiger partial charge in [-0.05, 0) is 62.8 Å². The van der Waals surface area contributed by atoms with Crippen molar-refractivity contribution in [2.75, 3.05) is 0 Å². The van der Waals surface area contributed by atoms with Gasteiger partial charge < -0.3 is 4.90 Å². The highest BCUT2D eigenvalue weighted by atomic mass is 79.9. The molecule has 1 aromatic rings. The summed E-state index contributed by atoms with van der Waals surface area (Å²) in [6, 6.07) is 8.63. The van der Waals surface area contributed by atoms with Gasteiger partial charge in [-0.3, -0.25) is 4.79 Å². The minimum Gasteiger partial charge on any atom is -0.333 e. The van der Waals surface area contributed by atoms with Crippen molar-refractivity contribution in [3.8, 4) is 0 Å². The number of carbonyl (C=O) groups excluding carboxylic acids is 1. The molecule has 0 saturated heterocycles. The lowest BCUT2D eigenvalue weighted by Crippen LogP contribution is -2.41. The summed E-state index contributed by atoms with van der Waals surface area (Å²) in [6.45, 7) is 2.22. The van der Waals surface area contributed by atoms with Crippen molar-refractivity contribution in [1.82, 2.24) is 4.90 Å². The smallest absolute Gasteiger partial charge is 0.254 e. The number of amides is 1. The molecule has 18 heavy (non-hydrogen) atoms. The Morgan fingerprint density at radius 1 is 1.22 bits per heavy atom. The molecule has 0 spiro atoms. The molecule has 1 amide bonds. The van der Waals surface area contributed by atoms with E-state index in [1.807, 2.05) is 24.3 Å². The average Bonchev–Trinajstić information content (AvgIpc) is 3.22. The van der Waals surface area contributed by atoms with Crippen molar-refractivity contribution in [2.24, 2.45) is 5.92 Å². The Hall–Kier alpha value is -0.830. The summed E-state index contributed by atoms with van der Waals surface area (Å²) in [6.07, 6.45) is 4.94. The van der Waals surface area contributed by atoms with Crippen molar-refractivity contribution < 1.29 is 4.79 Å². The van der Waals surface area contributed by atoms with Crippen molar-refractivity contribution in [3.63, 3.8) is 0 Å². The molecule has 1 unspecified atom stereocenters.